The predicted molar refractivity (Wildman–Crippen MR) is 28.5 cm³/mol. The van der Waals surface area contributed by atoms with Gasteiger partial charge in [-0.25, -0.2) is 0 Å². The lowest BCUT2D eigenvalue weighted by atomic mass is 10.2. The van der Waals surface area contributed by atoms with Crippen molar-refractivity contribution in [2.24, 2.45) is 0 Å². The highest BCUT2D eigenvalue weighted by Crippen LogP contribution is 2.03. The average Bonchev–Trinajstić information content (AvgIpc) is 1.90. The van der Waals surface area contributed by atoms with Gasteiger partial charge in [0.2, 0.25) is 0 Å². The minimum absolute atomic E-state index is 0.330. The third-order valence-corrected chi connectivity index (χ3v) is 1.03. The standard InChI is InChI=1S/C6H7O2/c7-8-6-4-2-1-3-5-6/h2-6H,1H2. The van der Waals surface area contributed by atoms with E-state index in [2.05, 4.69) is 4.89 Å². The molecular weight excluding hydrogens is 104 g/mol. The summed E-state index contributed by atoms with van der Waals surface area (Å²) in [7, 11) is 0. The van der Waals surface area contributed by atoms with Crippen LogP contribution in [0.3, 0.4) is 0 Å². The number of hydrogen-bond acceptors (Lipinski definition) is 1. The van der Waals surface area contributed by atoms with Crippen LogP contribution in [0.5, 0.6) is 0 Å². The average molecular weight is 111 g/mol. The summed E-state index contributed by atoms with van der Waals surface area (Å²) in [6.07, 6.45) is 7.88. The Kier molecular flexibility index (Phi) is 1.83. The first-order valence-corrected chi connectivity index (χ1v) is 2.55. The molecule has 0 unspecified atom stereocenters. The predicted octanol–water partition coefficient (Wildman–Crippen LogP) is 1.23. The van der Waals surface area contributed by atoms with E-state index >= 15 is 0 Å². The molecule has 0 aromatic heterocycles. The van der Waals surface area contributed by atoms with Gasteiger partial charge in [-0.15, -0.1) is 0 Å². The quantitative estimate of drug-likeness (QED) is 0.284. The smallest absolute Gasteiger partial charge is 0.133 e. The molecule has 0 fully saturated rings. The van der Waals surface area contributed by atoms with Crippen LogP contribution in [0.1, 0.15) is 6.42 Å². The van der Waals surface area contributed by atoms with Gasteiger partial charge in [0.1, 0.15) is 6.10 Å². The van der Waals surface area contributed by atoms with Crippen molar-refractivity contribution in [2.45, 2.75) is 12.5 Å². The van der Waals surface area contributed by atoms with E-state index in [9.17, 15) is 5.26 Å². The summed E-state index contributed by atoms with van der Waals surface area (Å²) >= 11 is 0. The Hall–Kier alpha value is -0.600. The van der Waals surface area contributed by atoms with E-state index in [1.54, 1.807) is 12.2 Å². The summed E-state index contributed by atoms with van der Waals surface area (Å²) < 4.78 is 0. The maximum atomic E-state index is 9.68. The van der Waals surface area contributed by atoms with Crippen LogP contribution < -0.4 is 0 Å². The molecule has 2 heteroatoms. The molecule has 2 nitrogen and oxygen atoms in total. The van der Waals surface area contributed by atoms with Gasteiger partial charge in [-0.05, 0) is 11.7 Å². The molecule has 1 rings (SSSR count). The van der Waals surface area contributed by atoms with Gasteiger partial charge >= 0.3 is 0 Å². The van der Waals surface area contributed by atoms with E-state index < -0.39 is 0 Å². The van der Waals surface area contributed by atoms with Gasteiger partial charge in [-0.1, -0.05) is 24.3 Å². The van der Waals surface area contributed by atoms with Crippen LogP contribution >= 0.6 is 0 Å². The first-order valence-electron chi connectivity index (χ1n) is 2.55. The van der Waals surface area contributed by atoms with Gasteiger partial charge in [0, 0.05) is 0 Å². The SMILES string of the molecule is [O]OC1C=CCC=C1. The highest BCUT2D eigenvalue weighted by molar-refractivity contribution is 5.09. The highest BCUT2D eigenvalue weighted by Gasteiger charge is 1.99. The fourth-order valence-electron chi connectivity index (χ4n) is 0.632. The zero-order chi connectivity index (χ0) is 5.82. The van der Waals surface area contributed by atoms with Gasteiger partial charge in [-0.2, -0.15) is 4.89 Å². The first-order chi connectivity index (χ1) is 3.93. The molecule has 0 saturated heterocycles. The fraction of sp³-hybridized carbons (Fsp3) is 0.333. The van der Waals surface area contributed by atoms with Gasteiger partial charge in [0.15, 0.2) is 0 Å². The molecule has 0 aliphatic heterocycles. The Morgan fingerprint density at radius 2 is 2.00 bits per heavy atom. The van der Waals surface area contributed by atoms with E-state index in [4.69, 9.17) is 0 Å². The van der Waals surface area contributed by atoms with Crippen LogP contribution in [-0.2, 0) is 10.1 Å². The second kappa shape index (κ2) is 2.64. The van der Waals surface area contributed by atoms with E-state index in [1.807, 2.05) is 12.2 Å². The second-order valence-corrected chi connectivity index (χ2v) is 1.65. The highest BCUT2D eigenvalue weighted by atomic mass is 17.1. The van der Waals surface area contributed by atoms with Crippen LogP contribution in [0, 0.1) is 0 Å². The van der Waals surface area contributed by atoms with Crippen LogP contribution in [0.15, 0.2) is 24.3 Å². The molecule has 0 N–H and O–H groups in total. The van der Waals surface area contributed by atoms with E-state index in [1.165, 1.54) is 0 Å². The topological polar surface area (TPSA) is 29.1 Å². The van der Waals surface area contributed by atoms with Gasteiger partial charge < -0.3 is 0 Å². The Morgan fingerprint density at radius 3 is 2.38 bits per heavy atom. The van der Waals surface area contributed by atoms with Crippen molar-refractivity contribution >= 4 is 0 Å². The Balaban J connectivity index is 2.42. The van der Waals surface area contributed by atoms with E-state index in [0.29, 0.717) is 0 Å². The van der Waals surface area contributed by atoms with Crippen molar-refractivity contribution < 1.29 is 10.1 Å². The number of hydrogen-bond donors (Lipinski definition) is 0. The molecule has 0 aromatic rings. The zero-order valence-corrected chi connectivity index (χ0v) is 4.41. The molecule has 8 heavy (non-hydrogen) atoms. The van der Waals surface area contributed by atoms with Gasteiger partial charge in [0.25, 0.3) is 0 Å². The zero-order valence-electron chi connectivity index (χ0n) is 4.41. The monoisotopic (exact) mass is 111 g/mol. The van der Waals surface area contributed by atoms with E-state index in [-0.39, 0.29) is 6.10 Å². The molecular formula is C6H7O2. The summed E-state index contributed by atoms with van der Waals surface area (Å²) in [6.45, 7) is 0. The molecule has 0 heterocycles. The third kappa shape index (κ3) is 1.18. The maximum absolute atomic E-state index is 9.68. The van der Waals surface area contributed by atoms with Crippen molar-refractivity contribution in [2.75, 3.05) is 0 Å². The minimum atomic E-state index is -0.330. The number of rotatable bonds is 1. The molecule has 0 spiro atoms. The lowest BCUT2D eigenvalue weighted by molar-refractivity contribution is -0.314. The molecule has 43 valence electrons. The lowest BCUT2D eigenvalue weighted by Crippen LogP contribution is -2.02. The Morgan fingerprint density at radius 1 is 1.38 bits per heavy atom. The molecule has 0 amide bonds. The Bertz CT molecular complexity index is 104. The molecule has 0 atom stereocenters. The fourth-order valence-corrected chi connectivity index (χ4v) is 0.632. The minimum Gasteiger partial charge on any atom is -0.192 e. The molecule has 1 radical (unpaired) electrons. The van der Waals surface area contributed by atoms with E-state index in [0.717, 1.165) is 6.42 Å². The molecule has 0 saturated carbocycles. The summed E-state index contributed by atoms with van der Waals surface area (Å²) in [4.78, 5) is 3.77. The largest absolute Gasteiger partial charge is 0.192 e. The second-order valence-electron chi connectivity index (χ2n) is 1.65. The van der Waals surface area contributed by atoms with Gasteiger partial charge in [-0.3, -0.25) is 0 Å². The van der Waals surface area contributed by atoms with Crippen LogP contribution in [0.4, 0.5) is 0 Å². The van der Waals surface area contributed by atoms with Crippen LogP contribution in [0.25, 0.3) is 0 Å². The summed E-state index contributed by atoms with van der Waals surface area (Å²) in [5.41, 5.74) is 0. The van der Waals surface area contributed by atoms with Crippen molar-refractivity contribution in [3.8, 4) is 0 Å². The molecule has 1 aliphatic carbocycles. The Labute approximate surface area is 48.0 Å². The van der Waals surface area contributed by atoms with Crippen LogP contribution in [0.2, 0.25) is 0 Å². The van der Waals surface area contributed by atoms with Crippen molar-refractivity contribution in [3.05, 3.63) is 24.3 Å². The van der Waals surface area contributed by atoms with Crippen LogP contribution in [-0.4, -0.2) is 6.10 Å². The molecule has 1 aliphatic rings. The van der Waals surface area contributed by atoms with Crippen molar-refractivity contribution in [3.63, 3.8) is 0 Å². The van der Waals surface area contributed by atoms with Crippen molar-refractivity contribution in [1.29, 1.82) is 0 Å². The normalized spacial score (nSPS) is 19.6. The summed E-state index contributed by atoms with van der Waals surface area (Å²) in [5.74, 6) is 0. The maximum Gasteiger partial charge on any atom is 0.133 e. The van der Waals surface area contributed by atoms with Gasteiger partial charge in [0.05, 0.1) is 0 Å². The third-order valence-electron chi connectivity index (χ3n) is 1.03. The summed E-state index contributed by atoms with van der Waals surface area (Å²) in [6, 6.07) is 0. The molecule has 0 bridgehead atoms. The lowest BCUT2D eigenvalue weighted by Gasteiger charge is -2.02. The number of allylic oxidation sites excluding steroid dienone is 2. The van der Waals surface area contributed by atoms with Crippen molar-refractivity contribution in [1.82, 2.24) is 0 Å². The molecule has 0 aromatic carbocycles. The summed E-state index contributed by atoms with van der Waals surface area (Å²) in [5, 5.41) is 9.68. The first kappa shape index (κ1) is 5.54.